The van der Waals surface area contributed by atoms with Crippen molar-refractivity contribution in [2.45, 2.75) is 13.0 Å². The number of ether oxygens (including phenoxy) is 2. The van der Waals surface area contributed by atoms with Crippen LogP contribution in [0.2, 0.25) is 0 Å². The van der Waals surface area contributed by atoms with Crippen LogP contribution in [0.1, 0.15) is 27.0 Å². The number of hydrogen-bond acceptors (Lipinski definition) is 5. The van der Waals surface area contributed by atoms with Crippen molar-refractivity contribution in [3.8, 4) is 17.6 Å². The number of carbonyl (C=O) groups excluding carboxylic acids is 1. The zero-order valence-electron chi connectivity index (χ0n) is 19.2. The van der Waals surface area contributed by atoms with Crippen LogP contribution in [0.5, 0.6) is 11.5 Å². The summed E-state index contributed by atoms with van der Waals surface area (Å²) in [5.41, 5.74) is 2.86. The van der Waals surface area contributed by atoms with Gasteiger partial charge >= 0.3 is 5.97 Å². The van der Waals surface area contributed by atoms with E-state index in [2.05, 4.69) is 11.9 Å². The van der Waals surface area contributed by atoms with E-state index in [-0.39, 0.29) is 17.7 Å². The summed E-state index contributed by atoms with van der Waals surface area (Å²) in [4.78, 5) is 23.6. The van der Waals surface area contributed by atoms with Gasteiger partial charge in [0.15, 0.2) is 11.5 Å². The van der Waals surface area contributed by atoms with Crippen LogP contribution in [0.4, 0.5) is 5.69 Å². The topological polar surface area (TPSA) is 109 Å². The van der Waals surface area contributed by atoms with Gasteiger partial charge in [0.05, 0.1) is 12.7 Å². The minimum absolute atomic E-state index is 0.0624. The molecule has 0 atom stereocenters. The highest BCUT2D eigenvalue weighted by atomic mass is 16.5. The number of nitrogens with one attached hydrogen (secondary N) is 1. The predicted molar refractivity (Wildman–Crippen MR) is 133 cm³/mol. The number of hydrogen-bond donors (Lipinski definition) is 2. The van der Waals surface area contributed by atoms with Crippen molar-refractivity contribution in [3.63, 3.8) is 0 Å². The zero-order valence-corrected chi connectivity index (χ0v) is 19.2. The van der Waals surface area contributed by atoms with E-state index < -0.39 is 11.9 Å². The molecule has 0 aliphatic rings. The molecule has 3 aromatic carbocycles. The number of para-hydroxylation sites is 1. The molecule has 1 amide bonds. The second-order valence-corrected chi connectivity index (χ2v) is 7.48. The maximum Gasteiger partial charge on any atom is 0.335 e. The molecule has 176 valence electrons. The summed E-state index contributed by atoms with van der Waals surface area (Å²) < 4.78 is 11.6. The summed E-state index contributed by atoms with van der Waals surface area (Å²) in [6, 6.07) is 20.7. The number of amides is 1. The fourth-order valence-corrected chi connectivity index (χ4v) is 3.32. The third kappa shape index (κ3) is 6.59. The van der Waals surface area contributed by atoms with Gasteiger partial charge in [0.25, 0.3) is 5.91 Å². The van der Waals surface area contributed by atoms with Gasteiger partial charge in [-0.3, -0.25) is 4.79 Å². The lowest BCUT2D eigenvalue weighted by molar-refractivity contribution is -0.112. The summed E-state index contributed by atoms with van der Waals surface area (Å²) in [7, 11) is 1.50. The Bertz CT molecular complexity index is 1290. The molecule has 35 heavy (non-hydrogen) atoms. The van der Waals surface area contributed by atoms with Crippen LogP contribution in [0.15, 0.2) is 85.0 Å². The average Bonchev–Trinajstić information content (AvgIpc) is 2.87. The smallest absolute Gasteiger partial charge is 0.335 e. The largest absolute Gasteiger partial charge is 0.493 e. The fourth-order valence-electron chi connectivity index (χ4n) is 3.32. The maximum atomic E-state index is 12.6. The summed E-state index contributed by atoms with van der Waals surface area (Å²) in [6.07, 6.45) is 3.66. The third-order valence-electron chi connectivity index (χ3n) is 5.03. The Hall–Kier alpha value is -4.83. The van der Waals surface area contributed by atoms with Gasteiger partial charge in [0.2, 0.25) is 0 Å². The van der Waals surface area contributed by atoms with Gasteiger partial charge in [-0.05, 0) is 60.0 Å². The molecule has 0 spiro atoms. The van der Waals surface area contributed by atoms with E-state index in [0.29, 0.717) is 29.2 Å². The number of carboxylic acid groups (broad SMARTS) is 1. The predicted octanol–water partition coefficient (Wildman–Crippen LogP) is 5.25. The minimum Gasteiger partial charge on any atom is -0.493 e. The number of carboxylic acids is 1. The number of nitriles is 1. The normalized spacial score (nSPS) is 10.7. The first-order chi connectivity index (χ1) is 16.9. The number of carbonyl (C=O) groups is 2. The SMILES string of the molecule is C=CCc1cc(/C=C(\C#N)C(=O)Nc2ccccc2)cc(OC)c1OCc1ccc(C(=O)O)cc1. The van der Waals surface area contributed by atoms with Crippen LogP contribution in [-0.4, -0.2) is 24.1 Å². The number of anilines is 1. The molecule has 0 radical (unpaired) electrons. The number of benzene rings is 3. The molecule has 0 saturated carbocycles. The molecule has 0 aromatic heterocycles. The van der Waals surface area contributed by atoms with Gasteiger partial charge in [0, 0.05) is 11.3 Å². The Morgan fingerprint density at radius 1 is 1.11 bits per heavy atom. The Morgan fingerprint density at radius 3 is 2.43 bits per heavy atom. The van der Waals surface area contributed by atoms with Gasteiger partial charge in [-0.15, -0.1) is 6.58 Å². The molecular formula is C28H24N2O5. The quantitative estimate of drug-likeness (QED) is 0.239. The standard InChI is InChI=1S/C28H24N2O5/c1-3-7-22-14-20(15-23(17-29)27(31)30-24-8-5-4-6-9-24)16-25(34-2)26(22)35-18-19-10-12-21(13-11-19)28(32)33/h3-6,8-16H,1,7,18H2,2H3,(H,30,31)(H,32,33)/b23-15+. The van der Waals surface area contributed by atoms with Crippen molar-refractivity contribution in [2.75, 3.05) is 12.4 Å². The Morgan fingerprint density at radius 2 is 1.83 bits per heavy atom. The van der Waals surface area contributed by atoms with E-state index in [1.54, 1.807) is 54.6 Å². The zero-order chi connectivity index (χ0) is 25.2. The Kier molecular flexibility index (Phi) is 8.41. The number of methoxy groups -OCH3 is 1. The van der Waals surface area contributed by atoms with E-state index in [0.717, 1.165) is 11.1 Å². The average molecular weight is 469 g/mol. The van der Waals surface area contributed by atoms with Crippen LogP contribution < -0.4 is 14.8 Å². The van der Waals surface area contributed by atoms with Gasteiger partial charge in [0.1, 0.15) is 18.2 Å². The molecule has 3 rings (SSSR count). The molecule has 7 heteroatoms. The van der Waals surface area contributed by atoms with Gasteiger partial charge < -0.3 is 19.9 Å². The molecule has 0 heterocycles. The lowest BCUT2D eigenvalue weighted by atomic mass is 10.0. The molecule has 0 aliphatic carbocycles. The van der Waals surface area contributed by atoms with Crippen molar-refractivity contribution < 1.29 is 24.2 Å². The molecule has 0 unspecified atom stereocenters. The van der Waals surface area contributed by atoms with Crippen molar-refractivity contribution in [1.29, 1.82) is 5.26 Å². The summed E-state index contributed by atoms with van der Waals surface area (Å²) in [5.74, 6) is -0.587. The Balaban J connectivity index is 1.87. The van der Waals surface area contributed by atoms with E-state index in [1.165, 1.54) is 25.3 Å². The highest BCUT2D eigenvalue weighted by Gasteiger charge is 2.15. The van der Waals surface area contributed by atoms with E-state index >= 15 is 0 Å². The monoisotopic (exact) mass is 468 g/mol. The van der Waals surface area contributed by atoms with Crippen LogP contribution >= 0.6 is 0 Å². The second-order valence-electron chi connectivity index (χ2n) is 7.48. The summed E-state index contributed by atoms with van der Waals surface area (Å²) in [5, 5.41) is 21.3. The molecule has 7 nitrogen and oxygen atoms in total. The van der Waals surface area contributed by atoms with Gasteiger partial charge in [-0.1, -0.05) is 36.4 Å². The van der Waals surface area contributed by atoms with Crippen LogP contribution in [0, 0.1) is 11.3 Å². The molecule has 0 aliphatic heterocycles. The first kappa shape index (κ1) is 24.8. The molecule has 0 saturated heterocycles. The molecular weight excluding hydrogens is 444 g/mol. The van der Waals surface area contributed by atoms with Crippen LogP contribution in [0.3, 0.4) is 0 Å². The molecule has 0 fully saturated rings. The van der Waals surface area contributed by atoms with Crippen LogP contribution in [0.25, 0.3) is 6.08 Å². The maximum absolute atomic E-state index is 12.6. The molecule has 3 aromatic rings. The lowest BCUT2D eigenvalue weighted by Gasteiger charge is -2.16. The second kappa shape index (κ2) is 11.9. The number of nitrogens with zero attached hydrogens (tertiary/aromatic N) is 1. The van der Waals surface area contributed by atoms with Crippen molar-refractivity contribution in [2.24, 2.45) is 0 Å². The lowest BCUT2D eigenvalue weighted by Crippen LogP contribution is -2.13. The van der Waals surface area contributed by atoms with Crippen molar-refractivity contribution in [3.05, 3.63) is 107 Å². The van der Waals surface area contributed by atoms with E-state index in [1.807, 2.05) is 12.1 Å². The first-order valence-electron chi connectivity index (χ1n) is 10.7. The van der Waals surface area contributed by atoms with Gasteiger partial charge in [-0.2, -0.15) is 5.26 Å². The van der Waals surface area contributed by atoms with Gasteiger partial charge in [-0.25, -0.2) is 4.79 Å². The van der Waals surface area contributed by atoms with Crippen molar-refractivity contribution in [1.82, 2.24) is 0 Å². The summed E-state index contributed by atoms with van der Waals surface area (Å²) in [6.45, 7) is 3.99. The van der Waals surface area contributed by atoms with Crippen molar-refractivity contribution >= 4 is 23.6 Å². The first-order valence-corrected chi connectivity index (χ1v) is 10.7. The fraction of sp³-hybridized carbons (Fsp3) is 0.107. The number of allylic oxidation sites excluding steroid dienone is 1. The third-order valence-corrected chi connectivity index (χ3v) is 5.03. The Labute approximate surface area is 203 Å². The number of rotatable bonds is 10. The van der Waals surface area contributed by atoms with Crippen LogP contribution in [-0.2, 0) is 17.8 Å². The van der Waals surface area contributed by atoms with E-state index in [4.69, 9.17) is 14.6 Å². The highest BCUT2D eigenvalue weighted by molar-refractivity contribution is 6.09. The summed E-state index contributed by atoms with van der Waals surface area (Å²) >= 11 is 0. The number of aromatic carboxylic acids is 1. The molecule has 2 N–H and O–H groups in total. The highest BCUT2D eigenvalue weighted by Crippen LogP contribution is 2.35. The minimum atomic E-state index is -0.995. The molecule has 0 bridgehead atoms. The van der Waals surface area contributed by atoms with E-state index in [9.17, 15) is 14.9 Å².